The molecule has 0 unspecified atom stereocenters. The van der Waals surface area contributed by atoms with Gasteiger partial charge in [-0.3, -0.25) is 4.79 Å². The quantitative estimate of drug-likeness (QED) is 0.901. The lowest BCUT2D eigenvalue weighted by atomic mass is 10.2. The van der Waals surface area contributed by atoms with Crippen LogP contribution in [0, 0.1) is 0 Å². The molecule has 1 saturated heterocycles. The van der Waals surface area contributed by atoms with Crippen molar-refractivity contribution in [2.24, 2.45) is 0 Å². The Balaban J connectivity index is 1.87. The number of carbonyl (C=O) groups excluding carboxylic acids is 1. The molecule has 6 nitrogen and oxygen atoms in total. The summed E-state index contributed by atoms with van der Waals surface area (Å²) < 4.78 is 1.59. The number of nitrogens with one attached hydrogen (secondary N) is 2. The Morgan fingerprint density at radius 1 is 1.50 bits per heavy atom. The molecule has 0 radical (unpaired) electrons. The highest BCUT2D eigenvalue weighted by Crippen LogP contribution is 2.24. The van der Waals surface area contributed by atoms with Gasteiger partial charge in [0.05, 0.1) is 17.4 Å². The average molecular weight is 292 g/mol. The summed E-state index contributed by atoms with van der Waals surface area (Å²) in [6, 6.07) is 5.12. The smallest absolute Gasteiger partial charge is 0.241 e. The fraction of sp³-hybridized carbons (Fsp3) is 0.308. The molecule has 1 aliphatic rings. The first kappa shape index (κ1) is 13.1. The molecule has 104 valence electrons. The van der Waals surface area contributed by atoms with Gasteiger partial charge in [-0.2, -0.15) is 5.10 Å². The topological polar surface area (TPSA) is 71.8 Å². The number of anilines is 1. The van der Waals surface area contributed by atoms with E-state index in [9.17, 15) is 4.79 Å². The molecule has 1 amide bonds. The molecule has 7 heteroatoms. The lowest BCUT2D eigenvalue weighted by molar-refractivity contribution is -0.117. The van der Waals surface area contributed by atoms with Gasteiger partial charge in [-0.15, -0.1) is 0 Å². The van der Waals surface area contributed by atoms with Gasteiger partial charge in [0.15, 0.2) is 0 Å². The molecule has 2 heterocycles. The van der Waals surface area contributed by atoms with Gasteiger partial charge in [0.1, 0.15) is 12.7 Å². The Morgan fingerprint density at radius 2 is 2.40 bits per heavy atom. The van der Waals surface area contributed by atoms with Crippen molar-refractivity contribution >= 4 is 23.2 Å². The number of halogens is 1. The first-order valence-electron chi connectivity index (χ1n) is 6.43. The van der Waals surface area contributed by atoms with Gasteiger partial charge in [0.2, 0.25) is 5.91 Å². The van der Waals surface area contributed by atoms with Crippen molar-refractivity contribution < 1.29 is 4.79 Å². The van der Waals surface area contributed by atoms with E-state index in [0.29, 0.717) is 10.7 Å². The summed E-state index contributed by atoms with van der Waals surface area (Å²) in [6.45, 7) is 0.879. The number of benzene rings is 1. The average Bonchev–Trinajstić information content (AvgIpc) is 3.12. The predicted molar refractivity (Wildman–Crippen MR) is 76.0 cm³/mol. The van der Waals surface area contributed by atoms with Crippen LogP contribution in [-0.2, 0) is 4.79 Å². The maximum absolute atomic E-state index is 12.2. The zero-order valence-corrected chi connectivity index (χ0v) is 11.5. The molecule has 1 fully saturated rings. The maximum Gasteiger partial charge on any atom is 0.241 e. The van der Waals surface area contributed by atoms with Gasteiger partial charge >= 0.3 is 0 Å². The number of hydrogen-bond donors (Lipinski definition) is 2. The third-order valence-corrected chi connectivity index (χ3v) is 3.49. The number of amides is 1. The minimum Gasteiger partial charge on any atom is -0.323 e. The number of hydrogen-bond acceptors (Lipinski definition) is 4. The van der Waals surface area contributed by atoms with E-state index in [1.165, 1.54) is 6.33 Å². The van der Waals surface area contributed by atoms with Crippen molar-refractivity contribution in [3.05, 3.63) is 35.9 Å². The third kappa shape index (κ3) is 2.66. The molecule has 0 saturated carbocycles. The van der Waals surface area contributed by atoms with Gasteiger partial charge in [-0.25, -0.2) is 9.67 Å². The van der Waals surface area contributed by atoms with Crippen LogP contribution in [0.3, 0.4) is 0 Å². The van der Waals surface area contributed by atoms with Crippen LogP contribution in [0.1, 0.15) is 12.8 Å². The molecule has 0 aliphatic carbocycles. The first-order chi connectivity index (χ1) is 9.74. The molecule has 1 aromatic heterocycles. The van der Waals surface area contributed by atoms with Crippen LogP contribution in [-0.4, -0.2) is 33.3 Å². The zero-order valence-electron chi connectivity index (χ0n) is 10.7. The molecule has 1 atom stereocenters. The second-order valence-corrected chi connectivity index (χ2v) is 5.08. The predicted octanol–water partition coefficient (Wildman–Crippen LogP) is 1.61. The minimum absolute atomic E-state index is 0.0499. The Hall–Kier alpha value is -1.92. The van der Waals surface area contributed by atoms with Crippen LogP contribution in [0.5, 0.6) is 0 Å². The van der Waals surface area contributed by atoms with Gasteiger partial charge in [-0.05, 0) is 37.6 Å². The molecule has 2 N–H and O–H groups in total. The van der Waals surface area contributed by atoms with E-state index in [1.807, 2.05) is 0 Å². The Labute approximate surface area is 121 Å². The zero-order chi connectivity index (χ0) is 13.9. The van der Waals surface area contributed by atoms with E-state index in [-0.39, 0.29) is 11.9 Å². The highest BCUT2D eigenvalue weighted by molar-refractivity contribution is 6.31. The van der Waals surface area contributed by atoms with Crippen LogP contribution in [0.4, 0.5) is 5.69 Å². The fourth-order valence-corrected chi connectivity index (χ4v) is 2.44. The summed E-state index contributed by atoms with van der Waals surface area (Å²) >= 11 is 6.01. The van der Waals surface area contributed by atoms with Gasteiger partial charge < -0.3 is 10.6 Å². The van der Waals surface area contributed by atoms with E-state index >= 15 is 0 Å². The Morgan fingerprint density at radius 3 is 3.10 bits per heavy atom. The molecule has 3 rings (SSSR count). The van der Waals surface area contributed by atoms with Crippen LogP contribution >= 0.6 is 11.6 Å². The molecule has 20 heavy (non-hydrogen) atoms. The molecule has 1 aliphatic heterocycles. The Bertz CT molecular complexity index is 607. The van der Waals surface area contributed by atoms with Crippen molar-refractivity contribution in [1.29, 1.82) is 0 Å². The van der Waals surface area contributed by atoms with E-state index in [0.717, 1.165) is 25.1 Å². The molecule has 0 spiro atoms. The van der Waals surface area contributed by atoms with Crippen molar-refractivity contribution in [2.45, 2.75) is 18.9 Å². The second kappa shape index (κ2) is 5.60. The summed E-state index contributed by atoms with van der Waals surface area (Å²) in [4.78, 5) is 16.1. The van der Waals surface area contributed by atoms with Crippen molar-refractivity contribution in [2.75, 3.05) is 11.9 Å². The summed E-state index contributed by atoms with van der Waals surface area (Å²) in [7, 11) is 0. The monoisotopic (exact) mass is 291 g/mol. The summed E-state index contributed by atoms with van der Waals surface area (Å²) in [5.74, 6) is -0.0499. The van der Waals surface area contributed by atoms with Gasteiger partial charge in [0.25, 0.3) is 0 Å². The molecular weight excluding hydrogens is 278 g/mol. The normalized spacial score (nSPS) is 18.1. The van der Waals surface area contributed by atoms with E-state index in [4.69, 9.17) is 11.6 Å². The number of carbonyl (C=O) groups is 1. The maximum atomic E-state index is 12.2. The van der Waals surface area contributed by atoms with Crippen molar-refractivity contribution in [1.82, 2.24) is 20.1 Å². The highest BCUT2D eigenvalue weighted by Gasteiger charge is 2.22. The van der Waals surface area contributed by atoms with Crippen LogP contribution < -0.4 is 10.6 Å². The first-order valence-corrected chi connectivity index (χ1v) is 6.80. The van der Waals surface area contributed by atoms with Gasteiger partial charge in [-0.1, -0.05) is 11.6 Å². The summed E-state index contributed by atoms with van der Waals surface area (Å²) in [5, 5.41) is 10.7. The van der Waals surface area contributed by atoms with Crippen molar-refractivity contribution in [3.8, 4) is 5.69 Å². The minimum atomic E-state index is -0.141. The lowest BCUT2D eigenvalue weighted by Crippen LogP contribution is -2.35. The lowest BCUT2D eigenvalue weighted by Gasteiger charge is -2.14. The SMILES string of the molecule is O=C(Nc1cc(Cl)ccc1-n1cncn1)[C@H]1CCCN1. The summed E-state index contributed by atoms with van der Waals surface area (Å²) in [6.07, 6.45) is 4.89. The molecule has 2 aromatic rings. The largest absolute Gasteiger partial charge is 0.323 e. The Kier molecular flexibility index (Phi) is 3.66. The molecule has 0 bridgehead atoms. The fourth-order valence-electron chi connectivity index (χ4n) is 2.27. The number of aromatic nitrogens is 3. The van der Waals surface area contributed by atoms with E-state index in [2.05, 4.69) is 20.7 Å². The van der Waals surface area contributed by atoms with Crippen LogP contribution in [0.15, 0.2) is 30.9 Å². The van der Waals surface area contributed by atoms with E-state index in [1.54, 1.807) is 29.2 Å². The third-order valence-electron chi connectivity index (χ3n) is 3.26. The number of rotatable bonds is 3. The number of nitrogens with zero attached hydrogens (tertiary/aromatic N) is 3. The second-order valence-electron chi connectivity index (χ2n) is 4.64. The molecule has 1 aromatic carbocycles. The van der Waals surface area contributed by atoms with Crippen LogP contribution in [0.25, 0.3) is 5.69 Å². The standard InChI is InChI=1S/C13H14ClN5O/c14-9-3-4-12(19-8-15-7-17-19)11(6-9)18-13(20)10-2-1-5-16-10/h3-4,6-8,10,16H,1-2,5H2,(H,18,20)/t10-/m1/s1. The highest BCUT2D eigenvalue weighted by atomic mass is 35.5. The summed E-state index contributed by atoms with van der Waals surface area (Å²) in [5.41, 5.74) is 1.36. The van der Waals surface area contributed by atoms with E-state index < -0.39 is 0 Å². The molecular formula is C13H14ClN5O. The van der Waals surface area contributed by atoms with Gasteiger partial charge in [0, 0.05) is 5.02 Å². The van der Waals surface area contributed by atoms with Crippen LogP contribution in [0.2, 0.25) is 5.02 Å². The van der Waals surface area contributed by atoms with Crippen molar-refractivity contribution in [3.63, 3.8) is 0 Å².